The molecule has 2 aliphatic rings. The number of nitrogens with two attached hydrogens (primary N) is 1. The van der Waals surface area contributed by atoms with Crippen LogP contribution in [-0.2, 0) is 10.4 Å². The standard InChI is InChI=1S/C34H33N9O3/c1-2-29(44)40-17-19-41(20-18-40)33(45)42-16-14-34(46,22-42)28-13-10-24(21-37-28)43-31(25-9-6-15-36-30(25)35)39-27-12-11-26(38-32(27)43)23-7-4-3-5-8-23/h2-13,15,21,46H,1,14,16-20,22H2,(H2,35,36)/t34-/m1/s1. The second-order valence-electron chi connectivity index (χ2n) is 11.5. The van der Waals surface area contributed by atoms with E-state index in [-0.39, 0.29) is 18.5 Å². The van der Waals surface area contributed by atoms with E-state index in [4.69, 9.17) is 20.7 Å². The first-order valence-corrected chi connectivity index (χ1v) is 15.1. The summed E-state index contributed by atoms with van der Waals surface area (Å²) >= 11 is 0. The number of fused-ring (bicyclic) bond motifs is 1. The van der Waals surface area contributed by atoms with Gasteiger partial charge >= 0.3 is 6.03 Å². The van der Waals surface area contributed by atoms with Crippen molar-refractivity contribution in [2.45, 2.75) is 12.0 Å². The predicted octanol–water partition coefficient (Wildman–Crippen LogP) is 3.47. The van der Waals surface area contributed by atoms with Crippen LogP contribution >= 0.6 is 0 Å². The van der Waals surface area contributed by atoms with Gasteiger partial charge in [0.25, 0.3) is 0 Å². The normalized spacial score (nSPS) is 18.2. The Morgan fingerprint density at radius 2 is 1.65 bits per heavy atom. The summed E-state index contributed by atoms with van der Waals surface area (Å²) in [7, 11) is 0. The number of pyridine rings is 3. The van der Waals surface area contributed by atoms with E-state index in [1.165, 1.54) is 6.08 Å². The summed E-state index contributed by atoms with van der Waals surface area (Å²) in [5.41, 5.74) is 9.88. The maximum absolute atomic E-state index is 13.3. The Kier molecular flexibility index (Phi) is 7.41. The molecule has 46 heavy (non-hydrogen) atoms. The first-order chi connectivity index (χ1) is 22.3. The van der Waals surface area contributed by atoms with Gasteiger partial charge in [-0.25, -0.2) is 19.7 Å². The van der Waals surface area contributed by atoms with E-state index >= 15 is 0 Å². The first-order valence-electron chi connectivity index (χ1n) is 15.1. The van der Waals surface area contributed by atoms with Crippen molar-refractivity contribution in [2.24, 2.45) is 0 Å². The molecule has 3 N–H and O–H groups in total. The molecule has 2 fully saturated rings. The van der Waals surface area contributed by atoms with Crippen LogP contribution in [0, 0.1) is 0 Å². The third kappa shape index (κ3) is 5.22. The van der Waals surface area contributed by atoms with E-state index in [9.17, 15) is 14.7 Å². The molecule has 4 aromatic heterocycles. The van der Waals surface area contributed by atoms with Crippen LogP contribution in [0.5, 0.6) is 0 Å². The lowest BCUT2D eigenvalue weighted by molar-refractivity contribution is -0.127. The van der Waals surface area contributed by atoms with Gasteiger partial charge in [0.15, 0.2) is 11.5 Å². The SMILES string of the molecule is C=CC(=O)N1CCN(C(=O)N2CC[C@](O)(c3ccc(-n4c(-c5cccnc5N)nc5ccc(-c6ccccc6)nc54)cn3)C2)CC1. The lowest BCUT2D eigenvalue weighted by Gasteiger charge is -2.36. The number of carbonyl (C=O) groups excluding carboxylic acids is 2. The Labute approximate surface area is 265 Å². The number of benzene rings is 1. The molecule has 0 aliphatic carbocycles. The first kappa shape index (κ1) is 29.1. The zero-order valence-corrected chi connectivity index (χ0v) is 25.2. The Balaban J connectivity index is 1.18. The van der Waals surface area contributed by atoms with Gasteiger partial charge in [-0.15, -0.1) is 0 Å². The Hall–Kier alpha value is -5.62. The average molecular weight is 616 g/mol. The second-order valence-corrected chi connectivity index (χ2v) is 11.5. The van der Waals surface area contributed by atoms with E-state index < -0.39 is 5.60 Å². The Bertz CT molecular complexity index is 1940. The lowest BCUT2D eigenvalue weighted by atomic mass is 9.98. The number of imidazole rings is 1. The number of nitrogens with zero attached hydrogens (tertiary/aromatic N) is 8. The summed E-state index contributed by atoms with van der Waals surface area (Å²) in [6.45, 7) is 5.83. The van der Waals surface area contributed by atoms with Crippen LogP contribution < -0.4 is 5.73 Å². The molecule has 7 rings (SSSR count). The molecule has 3 amide bonds. The molecule has 1 aromatic carbocycles. The number of hydrogen-bond acceptors (Lipinski definition) is 8. The number of hydrogen-bond donors (Lipinski definition) is 2. The van der Waals surface area contributed by atoms with Gasteiger partial charge in [-0.2, -0.15) is 0 Å². The summed E-state index contributed by atoms with van der Waals surface area (Å²) < 4.78 is 1.90. The molecule has 0 saturated carbocycles. The van der Waals surface area contributed by atoms with Crippen molar-refractivity contribution in [3.8, 4) is 28.3 Å². The van der Waals surface area contributed by atoms with Crippen LogP contribution in [0.2, 0.25) is 0 Å². The number of carbonyl (C=O) groups is 2. The molecule has 2 saturated heterocycles. The topological polar surface area (TPSA) is 147 Å². The fraction of sp³-hybridized carbons (Fsp3) is 0.235. The number of aliphatic hydroxyl groups is 1. The van der Waals surface area contributed by atoms with Crippen LogP contribution in [0.1, 0.15) is 12.1 Å². The minimum Gasteiger partial charge on any atom is -0.383 e. The van der Waals surface area contributed by atoms with Crippen molar-refractivity contribution in [3.63, 3.8) is 0 Å². The highest BCUT2D eigenvalue weighted by Gasteiger charge is 2.42. The molecule has 6 heterocycles. The molecule has 5 aromatic rings. The predicted molar refractivity (Wildman–Crippen MR) is 174 cm³/mol. The number of aromatic nitrogens is 5. The maximum Gasteiger partial charge on any atom is 0.320 e. The van der Waals surface area contributed by atoms with Gasteiger partial charge in [0.05, 0.1) is 35.4 Å². The van der Waals surface area contributed by atoms with Crippen molar-refractivity contribution in [1.29, 1.82) is 0 Å². The van der Waals surface area contributed by atoms with Gasteiger partial charge in [0.2, 0.25) is 5.91 Å². The second kappa shape index (κ2) is 11.7. The smallest absolute Gasteiger partial charge is 0.320 e. The number of urea groups is 1. The van der Waals surface area contributed by atoms with Crippen LogP contribution in [0.15, 0.2) is 91.8 Å². The number of piperazine rings is 1. The Morgan fingerprint density at radius 3 is 2.37 bits per heavy atom. The fourth-order valence-electron chi connectivity index (χ4n) is 6.17. The third-order valence-electron chi connectivity index (χ3n) is 8.69. The van der Waals surface area contributed by atoms with Crippen LogP contribution in [0.25, 0.3) is 39.5 Å². The van der Waals surface area contributed by atoms with Crippen molar-refractivity contribution < 1.29 is 14.7 Å². The average Bonchev–Trinajstić information content (AvgIpc) is 3.69. The van der Waals surface area contributed by atoms with E-state index in [1.54, 1.807) is 33.2 Å². The van der Waals surface area contributed by atoms with Gasteiger partial charge in [-0.3, -0.25) is 14.3 Å². The minimum absolute atomic E-state index is 0.122. The summed E-state index contributed by atoms with van der Waals surface area (Å²) in [6.07, 6.45) is 4.96. The molecule has 0 radical (unpaired) electrons. The summed E-state index contributed by atoms with van der Waals surface area (Å²) in [5, 5.41) is 11.7. The molecule has 0 spiro atoms. The number of anilines is 1. The molecule has 12 nitrogen and oxygen atoms in total. The van der Waals surface area contributed by atoms with Crippen molar-refractivity contribution in [2.75, 3.05) is 45.0 Å². The maximum atomic E-state index is 13.3. The van der Waals surface area contributed by atoms with Gasteiger partial charge < -0.3 is 25.5 Å². The number of nitrogen functional groups attached to an aromatic ring is 1. The molecule has 0 unspecified atom stereocenters. The molecular weight excluding hydrogens is 582 g/mol. The number of likely N-dealkylation sites (tertiary alicyclic amines) is 1. The number of rotatable bonds is 5. The van der Waals surface area contributed by atoms with Gasteiger partial charge in [0, 0.05) is 50.9 Å². The number of β-amino-alcohol motifs (C(OH)–C–C–N with tert-alkyl or cyclic N) is 1. The van der Waals surface area contributed by atoms with Gasteiger partial charge in [0.1, 0.15) is 16.9 Å². The van der Waals surface area contributed by atoms with E-state index in [0.717, 1.165) is 11.3 Å². The quantitative estimate of drug-likeness (QED) is 0.286. The highest BCUT2D eigenvalue weighted by Crippen LogP contribution is 2.34. The van der Waals surface area contributed by atoms with Gasteiger partial charge in [-0.05, 0) is 42.5 Å². The summed E-state index contributed by atoms with van der Waals surface area (Å²) in [5.74, 6) is 0.772. The van der Waals surface area contributed by atoms with Crippen molar-refractivity contribution >= 4 is 28.9 Å². The molecule has 232 valence electrons. The minimum atomic E-state index is -1.30. The fourth-order valence-corrected chi connectivity index (χ4v) is 6.17. The zero-order valence-electron chi connectivity index (χ0n) is 25.2. The summed E-state index contributed by atoms with van der Waals surface area (Å²) in [6, 6.07) is 21.0. The van der Waals surface area contributed by atoms with E-state index in [0.29, 0.717) is 78.9 Å². The molecule has 12 heteroatoms. The monoisotopic (exact) mass is 615 g/mol. The highest BCUT2D eigenvalue weighted by molar-refractivity contribution is 5.87. The van der Waals surface area contributed by atoms with E-state index in [2.05, 4.69) is 11.6 Å². The number of amides is 3. The third-order valence-corrected chi connectivity index (χ3v) is 8.69. The molecule has 0 bridgehead atoms. The van der Waals surface area contributed by atoms with Crippen LogP contribution in [-0.4, -0.2) is 95.5 Å². The van der Waals surface area contributed by atoms with Crippen molar-refractivity contribution in [1.82, 2.24) is 39.2 Å². The van der Waals surface area contributed by atoms with E-state index in [1.807, 2.05) is 65.2 Å². The van der Waals surface area contributed by atoms with Crippen LogP contribution in [0.3, 0.4) is 0 Å². The molecule has 2 aliphatic heterocycles. The Morgan fingerprint density at radius 1 is 0.870 bits per heavy atom. The van der Waals surface area contributed by atoms with Gasteiger partial charge in [-0.1, -0.05) is 36.9 Å². The molecule has 1 atom stereocenters. The lowest BCUT2D eigenvalue weighted by Crippen LogP contribution is -2.53. The molecular formula is C34H33N9O3. The zero-order chi connectivity index (χ0) is 31.8. The largest absolute Gasteiger partial charge is 0.383 e. The highest BCUT2D eigenvalue weighted by atomic mass is 16.3. The van der Waals surface area contributed by atoms with Crippen LogP contribution in [0.4, 0.5) is 10.6 Å². The summed E-state index contributed by atoms with van der Waals surface area (Å²) in [4.78, 5) is 49.1. The van der Waals surface area contributed by atoms with Crippen molar-refractivity contribution in [3.05, 3.63) is 97.5 Å².